The van der Waals surface area contributed by atoms with Crippen molar-refractivity contribution in [3.8, 4) is 0 Å². The van der Waals surface area contributed by atoms with Gasteiger partial charge in [0.1, 0.15) is 0 Å². The summed E-state index contributed by atoms with van der Waals surface area (Å²) < 4.78 is 0. The van der Waals surface area contributed by atoms with E-state index in [1.807, 2.05) is 0 Å². The molecule has 0 N–H and O–H groups in total. The van der Waals surface area contributed by atoms with Gasteiger partial charge >= 0.3 is 0 Å². The molecule has 0 aliphatic carbocycles. The predicted molar refractivity (Wildman–Crippen MR) is 49.4 cm³/mol. The molecule has 1 radical (unpaired) electrons. The van der Waals surface area contributed by atoms with Crippen molar-refractivity contribution in [2.24, 2.45) is 11.8 Å². The molecule has 1 fully saturated rings. The van der Waals surface area contributed by atoms with Crippen molar-refractivity contribution in [3.05, 3.63) is 6.42 Å². The molecule has 2 atom stereocenters. The van der Waals surface area contributed by atoms with E-state index in [-0.39, 0.29) is 32.7 Å². The Labute approximate surface area is 102 Å². The Balaban J connectivity index is 0.00000121. The second-order valence-electron chi connectivity index (χ2n) is 3.98. The molecule has 0 spiro atoms. The molecule has 0 bridgehead atoms. The van der Waals surface area contributed by atoms with Crippen LogP contribution in [-0.2, 0) is 32.7 Å². The van der Waals surface area contributed by atoms with Crippen molar-refractivity contribution >= 4 is 0 Å². The fourth-order valence-electron chi connectivity index (χ4n) is 1.72. The van der Waals surface area contributed by atoms with E-state index < -0.39 is 0 Å². The minimum atomic E-state index is 0. The quantitative estimate of drug-likeness (QED) is 0.589. The second-order valence-corrected chi connectivity index (χ2v) is 3.98. The van der Waals surface area contributed by atoms with Crippen molar-refractivity contribution < 1.29 is 32.7 Å². The van der Waals surface area contributed by atoms with E-state index >= 15 is 0 Å². The van der Waals surface area contributed by atoms with Crippen molar-refractivity contribution in [1.82, 2.24) is 4.90 Å². The molecule has 0 aromatic rings. The summed E-state index contributed by atoms with van der Waals surface area (Å²) in [6.07, 6.45) is 5.13. The molecule has 0 amide bonds. The molecule has 2 unspecified atom stereocenters. The monoisotopic (exact) mass is 243 g/mol. The van der Waals surface area contributed by atoms with Crippen LogP contribution in [0.2, 0.25) is 0 Å². The summed E-state index contributed by atoms with van der Waals surface area (Å²) in [6.45, 7) is 7.22. The van der Waals surface area contributed by atoms with Crippen molar-refractivity contribution in [2.75, 3.05) is 20.1 Å². The first-order valence-electron chi connectivity index (χ1n) is 4.72. The molecule has 2 heteroatoms. The van der Waals surface area contributed by atoms with Crippen molar-refractivity contribution in [3.63, 3.8) is 0 Å². The molecular formula is C10H20NY-. The average Bonchev–Trinajstić information content (AvgIpc) is 1.95. The minimum absolute atomic E-state index is 0. The minimum Gasteiger partial charge on any atom is -0.325 e. The molecule has 1 aliphatic rings. The SMILES string of the molecule is CC1[CH-]CCCN(C)CC1C.[Y]. The largest absolute Gasteiger partial charge is 0.325 e. The molecule has 0 aromatic carbocycles. The molecule has 1 nitrogen and oxygen atoms in total. The third-order valence-corrected chi connectivity index (χ3v) is 2.78. The number of likely N-dealkylation sites (tertiary alicyclic amines) is 1. The number of hydrogen-bond acceptors (Lipinski definition) is 1. The first kappa shape index (κ1) is 13.1. The number of rotatable bonds is 0. The maximum absolute atomic E-state index is 2.48. The van der Waals surface area contributed by atoms with E-state index in [0.29, 0.717) is 0 Å². The Morgan fingerprint density at radius 1 is 1.33 bits per heavy atom. The van der Waals surface area contributed by atoms with Gasteiger partial charge in [-0.15, -0.1) is 0 Å². The summed E-state index contributed by atoms with van der Waals surface area (Å²) in [7, 11) is 2.23. The van der Waals surface area contributed by atoms with E-state index in [1.165, 1.54) is 25.9 Å². The molecule has 1 aliphatic heterocycles. The van der Waals surface area contributed by atoms with Crippen LogP contribution in [0.25, 0.3) is 0 Å². The van der Waals surface area contributed by atoms with Gasteiger partial charge in [0.2, 0.25) is 0 Å². The van der Waals surface area contributed by atoms with Gasteiger partial charge in [0, 0.05) is 32.7 Å². The smallest absolute Gasteiger partial charge is 0 e. The molecule has 0 saturated carbocycles. The number of nitrogens with zero attached hydrogens (tertiary/aromatic N) is 1. The zero-order chi connectivity index (χ0) is 8.27. The van der Waals surface area contributed by atoms with Crippen LogP contribution in [-0.4, -0.2) is 25.0 Å². The summed E-state index contributed by atoms with van der Waals surface area (Å²) in [5.74, 6) is 1.64. The third-order valence-electron chi connectivity index (χ3n) is 2.78. The summed E-state index contributed by atoms with van der Waals surface area (Å²) in [6, 6.07) is 0. The van der Waals surface area contributed by atoms with Crippen LogP contribution in [0.4, 0.5) is 0 Å². The maximum atomic E-state index is 2.48. The predicted octanol–water partition coefficient (Wildman–Crippen LogP) is 2.19. The van der Waals surface area contributed by atoms with Crippen LogP contribution >= 0.6 is 0 Å². The molecular weight excluding hydrogens is 223 g/mol. The van der Waals surface area contributed by atoms with Gasteiger partial charge in [-0.25, -0.2) is 0 Å². The van der Waals surface area contributed by atoms with Crippen LogP contribution in [0.1, 0.15) is 26.7 Å². The third kappa shape index (κ3) is 4.34. The van der Waals surface area contributed by atoms with E-state index in [1.54, 1.807) is 0 Å². The van der Waals surface area contributed by atoms with Gasteiger partial charge in [-0.3, -0.25) is 0 Å². The molecule has 69 valence electrons. The first-order chi connectivity index (χ1) is 5.20. The van der Waals surface area contributed by atoms with E-state index in [2.05, 4.69) is 32.2 Å². The van der Waals surface area contributed by atoms with Crippen LogP contribution in [0.3, 0.4) is 0 Å². The Morgan fingerprint density at radius 2 is 2.00 bits per heavy atom. The van der Waals surface area contributed by atoms with Crippen LogP contribution in [0.5, 0.6) is 0 Å². The zero-order valence-electron chi connectivity index (χ0n) is 8.59. The summed E-state index contributed by atoms with van der Waals surface area (Å²) in [5, 5.41) is 0. The Morgan fingerprint density at radius 3 is 2.67 bits per heavy atom. The summed E-state index contributed by atoms with van der Waals surface area (Å²) in [4.78, 5) is 2.45. The topological polar surface area (TPSA) is 3.24 Å². The standard InChI is InChI=1S/C10H20N.Y/c1-9-6-4-5-7-11(3)8-10(9)2;/h6,9-10H,4-5,7-8H2,1-3H3;/q-1;. The average molecular weight is 243 g/mol. The normalized spacial score (nSPS) is 33.2. The van der Waals surface area contributed by atoms with Crippen molar-refractivity contribution in [2.45, 2.75) is 26.7 Å². The fourth-order valence-corrected chi connectivity index (χ4v) is 1.72. The van der Waals surface area contributed by atoms with E-state index in [9.17, 15) is 0 Å². The van der Waals surface area contributed by atoms with Gasteiger partial charge in [0.25, 0.3) is 0 Å². The Kier molecular flexibility index (Phi) is 7.08. The van der Waals surface area contributed by atoms with Gasteiger partial charge < -0.3 is 11.3 Å². The van der Waals surface area contributed by atoms with Crippen LogP contribution in [0.15, 0.2) is 0 Å². The van der Waals surface area contributed by atoms with Crippen molar-refractivity contribution in [1.29, 1.82) is 0 Å². The zero-order valence-corrected chi connectivity index (χ0v) is 11.4. The van der Waals surface area contributed by atoms with Crippen LogP contribution in [0, 0.1) is 18.3 Å². The van der Waals surface area contributed by atoms with Gasteiger partial charge in [0.05, 0.1) is 0 Å². The summed E-state index contributed by atoms with van der Waals surface area (Å²) in [5.41, 5.74) is 0. The van der Waals surface area contributed by atoms with Crippen LogP contribution < -0.4 is 0 Å². The fraction of sp³-hybridized carbons (Fsp3) is 0.900. The van der Waals surface area contributed by atoms with Gasteiger partial charge in [-0.2, -0.15) is 12.3 Å². The molecule has 1 rings (SSSR count). The molecule has 1 heterocycles. The molecule has 0 aromatic heterocycles. The van der Waals surface area contributed by atoms with Gasteiger partial charge in [-0.05, 0) is 20.1 Å². The summed E-state index contributed by atoms with van der Waals surface area (Å²) >= 11 is 0. The van der Waals surface area contributed by atoms with E-state index in [4.69, 9.17) is 0 Å². The maximum Gasteiger partial charge on any atom is 0 e. The Bertz CT molecular complexity index is 116. The second kappa shape index (κ2) is 6.51. The number of hydrogen-bond donors (Lipinski definition) is 0. The molecule has 12 heavy (non-hydrogen) atoms. The first-order valence-corrected chi connectivity index (χ1v) is 4.72. The Hall–Kier alpha value is 1.06. The van der Waals surface area contributed by atoms with Gasteiger partial charge in [0.15, 0.2) is 0 Å². The van der Waals surface area contributed by atoms with Gasteiger partial charge in [-0.1, -0.05) is 26.2 Å². The molecule has 1 saturated heterocycles. The van der Waals surface area contributed by atoms with E-state index in [0.717, 1.165) is 11.8 Å².